The number of likely N-dealkylation sites (tertiary alicyclic amines) is 1. The van der Waals surface area contributed by atoms with Crippen LogP contribution in [-0.2, 0) is 16.1 Å². The second-order valence-electron chi connectivity index (χ2n) is 4.71. The number of nitrogens with zero attached hydrogens (tertiary/aromatic N) is 1. The van der Waals surface area contributed by atoms with Crippen LogP contribution in [0.15, 0.2) is 30.3 Å². The van der Waals surface area contributed by atoms with Gasteiger partial charge in [0.2, 0.25) is 0 Å². The summed E-state index contributed by atoms with van der Waals surface area (Å²) in [6.07, 6.45) is 0.463. The first-order valence-corrected chi connectivity index (χ1v) is 6.44. The molecule has 0 aliphatic carbocycles. The number of ether oxygens (including phenoxy) is 2. The normalized spacial score (nSPS) is 23.2. The van der Waals surface area contributed by atoms with E-state index in [-0.39, 0.29) is 18.2 Å². The van der Waals surface area contributed by atoms with Crippen LogP contribution in [0.1, 0.15) is 12.0 Å². The Morgan fingerprint density at radius 2 is 2.16 bits per heavy atom. The van der Waals surface area contributed by atoms with E-state index in [1.165, 1.54) is 0 Å². The van der Waals surface area contributed by atoms with Gasteiger partial charge in [-0.25, -0.2) is 4.79 Å². The second kappa shape index (κ2) is 6.54. The van der Waals surface area contributed by atoms with Crippen molar-refractivity contribution in [2.24, 2.45) is 5.73 Å². The predicted molar refractivity (Wildman–Crippen MR) is 71.6 cm³/mol. The molecule has 2 unspecified atom stereocenters. The zero-order chi connectivity index (χ0) is 13.7. The SMILES string of the molecule is COC1CCN(C(=O)OCc2ccccc2)CC1N. The Bertz CT molecular complexity index is 410. The van der Waals surface area contributed by atoms with Gasteiger partial charge in [0.25, 0.3) is 0 Å². The number of nitrogens with two attached hydrogens (primary N) is 1. The molecule has 1 fully saturated rings. The highest BCUT2D eigenvalue weighted by Gasteiger charge is 2.29. The lowest BCUT2D eigenvalue weighted by Crippen LogP contribution is -2.53. The Morgan fingerprint density at radius 1 is 1.42 bits per heavy atom. The van der Waals surface area contributed by atoms with E-state index in [9.17, 15) is 4.79 Å². The molecule has 0 saturated carbocycles. The summed E-state index contributed by atoms with van der Waals surface area (Å²) in [6, 6.07) is 9.47. The lowest BCUT2D eigenvalue weighted by Gasteiger charge is -2.35. The van der Waals surface area contributed by atoms with Crippen LogP contribution in [0.5, 0.6) is 0 Å². The molecule has 1 aromatic rings. The number of hydrogen-bond acceptors (Lipinski definition) is 4. The van der Waals surface area contributed by atoms with Crippen LogP contribution in [0, 0.1) is 0 Å². The Hall–Kier alpha value is -1.59. The second-order valence-corrected chi connectivity index (χ2v) is 4.71. The predicted octanol–water partition coefficient (Wildman–Crippen LogP) is 1.37. The van der Waals surface area contributed by atoms with Crippen LogP contribution >= 0.6 is 0 Å². The van der Waals surface area contributed by atoms with E-state index in [0.29, 0.717) is 19.7 Å². The maximum absolute atomic E-state index is 11.9. The van der Waals surface area contributed by atoms with Gasteiger partial charge >= 0.3 is 6.09 Å². The summed E-state index contributed by atoms with van der Waals surface area (Å²) in [4.78, 5) is 13.6. The third kappa shape index (κ3) is 3.68. The zero-order valence-electron chi connectivity index (χ0n) is 11.1. The number of benzene rings is 1. The summed E-state index contributed by atoms with van der Waals surface area (Å²) < 4.78 is 10.5. The van der Waals surface area contributed by atoms with Gasteiger partial charge in [0.1, 0.15) is 6.61 Å². The van der Waals surface area contributed by atoms with Gasteiger partial charge in [-0.3, -0.25) is 0 Å². The quantitative estimate of drug-likeness (QED) is 0.895. The number of rotatable bonds is 3. The van der Waals surface area contributed by atoms with E-state index in [1.54, 1.807) is 12.0 Å². The topological polar surface area (TPSA) is 64.8 Å². The third-order valence-electron chi connectivity index (χ3n) is 3.36. The Kier molecular flexibility index (Phi) is 4.76. The molecule has 0 bridgehead atoms. The van der Waals surface area contributed by atoms with Gasteiger partial charge in [-0.15, -0.1) is 0 Å². The van der Waals surface area contributed by atoms with Crippen molar-refractivity contribution in [1.82, 2.24) is 4.90 Å². The summed E-state index contributed by atoms with van der Waals surface area (Å²) in [6.45, 7) is 1.39. The number of carbonyl (C=O) groups excluding carboxylic acids is 1. The summed E-state index contributed by atoms with van der Waals surface area (Å²) in [5, 5.41) is 0. The smallest absolute Gasteiger partial charge is 0.410 e. The number of piperidine rings is 1. The van der Waals surface area contributed by atoms with Crippen molar-refractivity contribution in [3.8, 4) is 0 Å². The van der Waals surface area contributed by atoms with E-state index >= 15 is 0 Å². The molecule has 2 atom stereocenters. The molecule has 2 N–H and O–H groups in total. The summed E-state index contributed by atoms with van der Waals surface area (Å²) >= 11 is 0. The largest absolute Gasteiger partial charge is 0.445 e. The maximum atomic E-state index is 11.9. The standard InChI is InChI=1S/C14H20N2O3/c1-18-13-7-8-16(9-12(13)15)14(17)19-10-11-5-3-2-4-6-11/h2-6,12-13H,7-10,15H2,1H3. The van der Waals surface area contributed by atoms with Gasteiger partial charge in [-0.1, -0.05) is 30.3 Å². The molecule has 1 aliphatic heterocycles. The van der Waals surface area contributed by atoms with Gasteiger partial charge in [-0.05, 0) is 12.0 Å². The van der Waals surface area contributed by atoms with Crippen LogP contribution in [0.4, 0.5) is 4.79 Å². The molecular weight excluding hydrogens is 244 g/mol. The molecule has 104 valence electrons. The number of amides is 1. The summed E-state index contributed by atoms with van der Waals surface area (Å²) in [5.41, 5.74) is 6.93. The first-order valence-electron chi connectivity index (χ1n) is 6.44. The molecule has 2 rings (SSSR count). The molecule has 1 amide bonds. The molecule has 1 aromatic carbocycles. The molecule has 0 radical (unpaired) electrons. The minimum Gasteiger partial charge on any atom is -0.445 e. The van der Waals surface area contributed by atoms with E-state index in [0.717, 1.165) is 12.0 Å². The van der Waals surface area contributed by atoms with Crippen molar-refractivity contribution >= 4 is 6.09 Å². The number of carbonyl (C=O) groups is 1. The van der Waals surface area contributed by atoms with Gasteiger partial charge in [-0.2, -0.15) is 0 Å². The molecule has 0 aromatic heterocycles. The number of methoxy groups -OCH3 is 1. The highest BCUT2D eigenvalue weighted by Crippen LogP contribution is 2.13. The minimum atomic E-state index is -0.311. The van der Waals surface area contributed by atoms with Gasteiger partial charge in [0, 0.05) is 26.2 Å². The van der Waals surface area contributed by atoms with E-state index in [1.807, 2.05) is 30.3 Å². The Balaban J connectivity index is 1.81. The molecule has 19 heavy (non-hydrogen) atoms. The lowest BCUT2D eigenvalue weighted by atomic mass is 10.0. The van der Waals surface area contributed by atoms with E-state index in [2.05, 4.69) is 0 Å². The van der Waals surface area contributed by atoms with Gasteiger partial charge in [0.05, 0.1) is 6.10 Å². The zero-order valence-corrected chi connectivity index (χ0v) is 11.1. The van der Waals surface area contributed by atoms with Crippen molar-refractivity contribution in [3.63, 3.8) is 0 Å². The fourth-order valence-electron chi connectivity index (χ4n) is 2.23. The van der Waals surface area contributed by atoms with Crippen LogP contribution in [0.25, 0.3) is 0 Å². The van der Waals surface area contributed by atoms with Crippen molar-refractivity contribution in [3.05, 3.63) is 35.9 Å². The average Bonchev–Trinajstić information content (AvgIpc) is 2.45. The highest BCUT2D eigenvalue weighted by atomic mass is 16.6. The average molecular weight is 264 g/mol. The van der Waals surface area contributed by atoms with Crippen LogP contribution in [-0.4, -0.2) is 43.3 Å². The van der Waals surface area contributed by atoms with Crippen LogP contribution in [0.2, 0.25) is 0 Å². The first-order chi connectivity index (χ1) is 9.20. The monoisotopic (exact) mass is 264 g/mol. The van der Waals surface area contributed by atoms with E-state index < -0.39 is 0 Å². The first kappa shape index (κ1) is 13.8. The summed E-state index contributed by atoms with van der Waals surface area (Å²) in [5.74, 6) is 0. The fraction of sp³-hybridized carbons (Fsp3) is 0.500. The molecule has 1 saturated heterocycles. The van der Waals surface area contributed by atoms with Crippen molar-refractivity contribution in [1.29, 1.82) is 0 Å². The lowest BCUT2D eigenvalue weighted by molar-refractivity contribution is 0.0183. The van der Waals surface area contributed by atoms with Crippen molar-refractivity contribution in [2.75, 3.05) is 20.2 Å². The number of hydrogen-bond donors (Lipinski definition) is 1. The molecule has 1 heterocycles. The molecule has 5 nitrogen and oxygen atoms in total. The summed E-state index contributed by atoms with van der Waals surface area (Å²) in [7, 11) is 1.65. The molecular formula is C14H20N2O3. The highest BCUT2D eigenvalue weighted by molar-refractivity contribution is 5.67. The minimum absolute atomic E-state index is 0.0261. The molecule has 0 spiro atoms. The van der Waals surface area contributed by atoms with Crippen LogP contribution < -0.4 is 5.73 Å². The Morgan fingerprint density at radius 3 is 2.79 bits per heavy atom. The van der Waals surface area contributed by atoms with Gasteiger partial charge in [0.15, 0.2) is 0 Å². The van der Waals surface area contributed by atoms with Crippen molar-refractivity contribution in [2.45, 2.75) is 25.2 Å². The molecule has 5 heteroatoms. The third-order valence-corrected chi connectivity index (χ3v) is 3.36. The Labute approximate surface area is 113 Å². The van der Waals surface area contributed by atoms with Crippen LogP contribution in [0.3, 0.4) is 0 Å². The van der Waals surface area contributed by atoms with E-state index in [4.69, 9.17) is 15.2 Å². The maximum Gasteiger partial charge on any atom is 0.410 e. The molecule has 1 aliphatic rings. The van der Waals surface area contributed by atoms with Crippen molar-refractivity contribution < 1.29 is 14.3 Å². The fourth-order valence-corrected chi connectivity index (χ4v) is 2.23. The van der Waals surface area contributed by atoms with Gasteiger partial charge < -0.3 is 20.1 Å².